The summed E-state index contributed by atoms with van der Waals surface area (Å²) in [6, 6.07) is 7.78. The number of rotatable bonds is 6. The molecule has 3 amide bonds. The number of carbonyl (C=O) groups is 2. The first-order valence-electron chi connectivity index (χ1n) is 10.6. The fourth-order valence-corrected chi connectivity index (χ4v) is 3.60. The van der Waals surface area contributed by atoms with Crippen molar-refractivity contribution >= 4 is 29.1 Å². The number of fused-ring (bicyclic) bond motifs is 1. The third-order valence-electron chi connectivity index (χ3n) is 5.26. The Labute approximate surface area is 188 Å². The standard InChI is InChI=1S/C23H22F3N5O2/c1-2-3-4-14-12-20(29-23(33)27-15-10-17(24)22(26)18(25)11-15)31(30-14)16-6-7-19-13(9-16)5-8-21(32)28-19/h6-7,9-12H,2-5,8H2,1H3,(H,28,32)(H2,27,29,33). The molecule has 0 fully saturated rings. The number of aryl methyl sites for hydroxylation is 2. The second-order valence-corrected chi connectivity index (χ2v) is 7.76. The van der Waals surface area contributed by atoms with Gasteiger partial charge in [-0.2, -0.15) is 5.10 Å². The van der Waals surface area contributed by atoms with Crippen molar-refractivity contribution in [1.82, 2.24) is 9.78 Å². The number of hydrogen-bond donors (Lipinski definition) is 3. The number of nitrogens with zero attached hydrogens (tertiary/aromatic N) is 2. The van der Waals surface area contributed by atoms with E-state index in [1.165, 1.54) is 0 Å². The Bertz CT molecular complexity index is 1200. The molecule has 7 nitrogen and oxygen atoms in total. The normalized spacial score (nSPS) is 12.8. The lowest BCUT2D eigenvalue weighted by atomic mass is 10.0. The van der Waals surface area contributed by atoms with Gasteiger partial charge >= 0.3 is 6.03 Å². The highest BCUT2D eigenvalue weighted by atomic mass is 19.2. The fourth-order valence-electron chi connectivity index (χ4n) is 3.60. The van der Waals surface area contributed by atoms with Gasteiger partial charge in [0, 0.05) is 36.0 Å². The van der Waals surface area contributed by atoms with Gasteiger partial charge in [-0.15, -0.1) is 0 Å². The largest absolute Gasteiger partial charge is 0.326 e. The topological polar surface area (TPSA) is 88.0 Å². The van der Waals surface area contributed by atoms with Crippen LogP contribution in [-0.4, -0.2) is 21.7 Å². The maximum atomic E-state index is 13.5. The number of benzene rings is 2. The van der Waals surface area contributed by atoms with Crippen LogP contribution in [0.4, 0.5) is 35.2 Å². The van der Waals surface area contributed by atoms with E-state index in [2.05, 4.69) is 28.0 Å². The molecule has 1 aromatic heterocycles. The molecule has 0 spiro atoms. The van der Waals surface area contributed by atoms with Crippen molar-refractivity contribution in [1.29, 1.82) is 0 Å². The summed E-state index contributed by atoms with van der Waals surface area (Å²) in [6.45, 7) is 2.06. The molecule has 0 unspecified atom stereocenters. The Balaban J connectivity index is 1.60. The van der Waals surface area contributed by atoms with E-state index in [1.54, 1.807) is 22.9 Å². The van der Waals surface area contributed by atoms with Crippen molar-refractivity contribution in [2.24, 2.45) is 0 Å². The summed E-state index contributed by atoms with van der Waals surface area (Å²) in [5, 5.41) is 12.4. The number of halogens is 3. The molecule has 0 atom stereocenters. The van der Waals surface area contributed by atoms with Gasteiger partial charge in [-0.3, -0.25) is 10.1 Å². The molecule has 3 N–H and O–H groups in total. The highest BCUT2D eigenvalue weighted by Crippen LogP contribution is 2.27. The van der Waals surface area contributed by atoms with Gasteiger partial charge < -0.3 is 10.6 Å². The van der Waals surface area contributed by atoms with E-state index in [1.807, 2.05) is 6.07 Å². The smallest absolute Gasteiger partial charge is 0.324 e. The SMILES string of the molecule is CCCCc1cc(NC(=O)Nc2cc(F)c(F)c(F)c2)n(-c2ccc3c(c2)CCC(=O)N3)n1. The van der Waals surface area contributed by atoms with E-state index in [0.29, 0.717) is 42.9 Å². The van der Waals surface area contributed by atoms with Gasteiger partial charge in [-0.1, -0.05) is 13.3 Å². The molecule has 10 heteroatoms. The lowest BCUT2D eigenvalue weighted by Crippen LogP contribution is -2.22. The van der Waals surface area contributed by atoms with Crippen molar-refractivity contribution < 1.29 is 22.8 Å². The van der Waals surface area contributed by atoms with E-state index in [9.17, 15) is 22.8 Å². The van der Waals surface area contributed by atoms with Gasteiger partial charge in [0.1, 0.15) is 5.82 Å². The molecule has 2 aromatic carbocycles. The molecular formula is C23H22F3N5O2. The summed E-state index contributed by atoms with van der Waals surface area (Å²) in [4.78, 5) is 24.1. The summed E-state index contributed by atoms with van der Waals surface area (Å²) in [5.74, 6) is -4.11. The number of nitrogens with one attached hydrogen (secondary N) is 3. The first kappa shape index (κ1) is 22.4. The molecule has 1 aliphatic rings. The quantitative estimate of drug-likeness (QED) is 0.447. The first-order chi connectivity index (χ1) is 15.8. The number of carbonyl (C=O) groups excluding carboxylic acids is 2. The van der Waals surface area contributed by atoms with Crippen molar-refractivity contribution in [3.05, 3.63) is 65.1 Å². The van der Waals surface area contributed by atoms with Crippen LogP contribution in [-0.2, 0) is 17.6 Å². The van der Waals surface area contributed by atoms with Gasteiger partial charge in [0.2, 0.25) is 5.91 Å². The van der Waals surface area contributed by atoms with Gasteiger partial charge in [-0.25, -0.2) is 22.6 Å². The third kappa shape index (κ3) is 5.00. The molecule has 172 valence electrons. The Morgan fingerprint density at radius 3 is 2.58 bits per heavy atom. The Kier molecular flexibility index (Phi) is 6.34. The van der Waals surface area contributed by atoms with Crippen LogP contribution in [0.5, 0.6) is 0 Å². The molecule has 2 heterocycles. The summed E-state index contributed by atoms with van der Waals surface area (Å²) in [7, 11) is 0. The van der Waals surface area contributed by atoms with Gasteiger partial charge in [0.15, 0.2) is 17.5 Å². The number of amides is 3. The minimum atomic E-state index is -1.61. The highest BCUT2D eigenvalue weighted by molar-refractivity contribution is 5.99. The van der Waals surface area contributed by atoms with Gasteiger partial charge in [0.05, 0.1) is 11.4 Å². The molecule has 1 aliphatic heterocycles. The van der Waals surface area contributed by atoms with E-state index in [-0.39, 0.29) is 11.6 Å². The van der Waals surface area contributed by atoms with E-state index < -0.39 is 23.5 Å². The van der Waals surface area contributed by atoms with Gasteiger partial charge in [0.25, 0.3) is 0 Å². The number of anilines is 3. The Hall–Kier alpha value is -3.82. The minimum Gasteiger partial charge on any atom is -0.326 e. The molecule has 0 aliphatic carbocycles. The van der Waals surface area contributed by atoms with Crippen molar-refractivity contribution in [3.63, 3.8) is 0 Å². The summed E-state index contributed by atoms with van der Waals surface area (Å²) < 4.78 is 41.7. The third-order valence-corrected chi connectivity index (χ3v) is 5.26. The first-order valence-corrected chi connectivity index (χ1v) is 10.6. The molecule has 0 bridgehead atoms. The zero-order valence-corrected chi connectivity index (χ0v) is 17.8. The van der Waals surface area contributed by atoms with Crippen LogP contribution in [0.15, 0.2) is 36.4 Å². The van der Waals surface area contributed by atoms with Crippen molar-refractivity contribution in [2.45, 2.75) is 39.0 Å². The molecule has 0 saturated carbocycles. The van der Waals surface area contributed by atoms with Gasteiger partial charge in [-0.05, 0) is 43.0 Å². The number of unbranched alkanes of at least 4 members (excludes halogenated alkanes) is 1. The van der Waals surface area contributed by atoms with Crippen molar-refractivity contribution in [2.75, 3.05) is 16.0 Å². The molecule has 4 rings (SSSR count). The van der Waals surface area contributed by atoms with Crippen LogP contribution in [0.25, 0.3) is 5.69 Å². The summed E-state index contributed by atoms with van der Waals surface area (Å²) in [6.07, 6.45) is 3.55. The predicted octanol–water partition coefficient (Wildman–Crippen LogP) is 5.16. The average Bonchev–Trinajstić information content (AvgIpc) is 3.17. The Morgan fingerprint density at radius 1 is 1.09 bits per heavy atom. The van der Waals surface area contributed by atoms with Crippen LogP contribution in [0, 0.1) is 17.5 Å². The average molecular weight is 457 g/mol. The lowest BCUT2D eigenvalue weighted by Gasteiger charge is -2.18. The molecule has 33 heavy (non-hydrogen) atoms. The van der Waals surface area contributed by atoms with Crippen LogP contribution in [0.1, 0.15) is 37.4 Å². The van der Waals surface area contributed by atoms with Crippen LogP contribution in [0.3, 0.4) is 0 Å². The zero-order chi connectivity index (χ0) is 23.5. The lowest BCUT2D eigenvalue weighted by molar-refractivity contribution is -0.116. The minimum absolute atomic E-state index is 0.0381. The molecule has 0 saturated heterocycles. The van der Waals surface area contributed by atoms with Crippen molar-refractivity contribution in [3.8, 4) is 5.69 Å². The maximum Gasteiger partial charge on any atom is 0.324 e. The fraction of sp³-hybridized carbons (Fsp3) is 0.261. The molecule has 0 radical (unpaired) electrons. The molecule has 3 aromatic rings. The monoisotopic (exact) mass is 457 g/mol. The second-order valence-electron chi connectivity index (χ2n) is 7.76. The number of urea groups is 1. The predicted molar refractivity (Wildman–Crippen MR) is 118 cm³/mol. The Morgan fingerprint density at radius 2 is 1.85 bits per heavy atom. The zero-order valence-electron chi connectivity index (χ0n) is 17.8. The number of aromatic nitrogens is 2. The molecular weight excluding hydrogens is 435 g/mol. The highest BCUT2D eigenvalue weighted by Gasteiger charge is 2.18. The van der Waals surface area contributed by atoms with Crippen LogP contribution < -0.4 is 16.0 Å². The van der Waals surface area contributed by atoms with Crippen LogP contribution in [0.2, 0.25) is 0 Å². The number of hydrogen-bond acceptors (Lipinski definition) is 3. The van der Waals surface area contributed by atoms with E-state index in [4.69, 9.17) is 0 Å². The van der Waals surface area contributed by atoms with E-state index in [0.717, 1.165) is 29.8 Å². The summed E-state index contributed by atoms with van der Waals surface area (Å²) >= 11 is 0. The maximum absolute atomic E-state index is 13.5. The summed E-state index contributed by atoms with van der Waals surface area (Å²) in [5.41, 5.74) is 2.90. The van der Waals surface area contributed by atoms with Crippen LogP contribution >= 0.6 is 0 Å². The van der Waals surface area contributed by atoms with E-state index >= 15 is 0 Å². The second kappa shape index (κ2) is 9.35.